The number of aromatic nitrogens is 3. The first kappa shape index (κ1) is 13.3. The Balaban J connectivity index is 2.64. The minimum Gasteiger partial charge on any atom is -0.384 e. The highest BCUT2D eigenvalue weighted by Crippen LogP contribution is 2.18. The highest BCUT2D eigenvalue weighted by molar-refractivity contribution is 5.98. The summed E-state index contributed by atoms with van der Waals surface area (Å²) in [7, 11) is 0. The maximum atomic E-state index is 7.72. The van der Waals surface area contributed by atoms with Crippen molar-refractivity contribution in [2.45, 2.75) is 33.6 Å². The van der Waals surface area contributed by atoms with Crippen LogP contribution >= 0.6 is 0 Å². The first-order valence-corrected chi connectivity index (χ1v) is 6.47. The summed E-state index contributed by atoms with van der Waals surface area (Å²) in [4.78, 5) is 4.49. The van der Waals surface area contributed by atoms with Crippen LogP contribution in [0, 0.1) is 12.3 Å². The Morgan fingerprint density at radius 2 is 2.05 bits per heavy atom. The van der Waals surface area contributed by atoms with Gasteiger partial charge in [0, 0.05) is 18.4 Å². The van der Waals surface area contributed by atoms with Crippen LogP contribution in [-0.2, 0) is 12.8 Å². The van der Waals surface area contributed by atoms with Gasteiger partial charge in [0.15, 0.2) is 5.82 Å². The van der Waals surface area contributed by atoms with Crippen molar-refractivity contribution >= 4 is 5.84 Å². The van der Waals surface area contributed by atoms with Crippen LogP contribution in [0.2, 0.25) is 0 Å². The standard InChI is InChI=1S/C14H19N5/c1-4-12-17-13(5-2)19(18-12)11-7-6-9(3)8-10(11)14(15)16/h6-8H,4-5H2,1-3H3,(H3,15,16). The molecule has 5 heteroatoms. The minimum absolute atomic E-state index is 0.0503. The first-order chi connectivity index (χ1) is 9.06. The van der Waals surface area contributed by atoms with Gasteiger partial charge in [-0.15, -0.1) is 0 Å². The second-order valence-corrected chi connectivity index (χ2v) is 4.50. The molecule has 0 saturated heterocycles. The number of benzene rings is 1. The lowest BCUT2D eigenvalue weighted by Gasteiger charge is -2.10. The molecule has 0 radical (unpaired) electrons. The fraction of sp³-hybridized carbons (Fsp3) is 0.357. The van der Waals surface area contributed by atoms with Crippen LogP contribution in [0.4, 0.5) is 0 Å². The molecule has 0 aliphatic heterocycles. The molecule has 19 heavy (non-hydrogen) atoms. The van der Waals surface area contributed by atoms with Crippen LogP contribution < -0.4 is 5.73 Å². The molecule has 0 amide bonds. The second-order valence-electron chi connectivity index (χ2n) is 4.50. The van der Waals surface area contributed by atoms with E-state index in [9.17, 15) is 0 Å². The van der Waals surface area contributed by atoms with E-state index in [2.05, 4.69) is 10.1 Å². The molecule has 0 fully saturated rings. The third-order valence-electron chi connectivity index (χ3n) is 3.02. The highest BCUT2D eigenvalue weighted by atomic mass is 15.4. The molecule has 0 bridgehead atoms. The molecule has 0 aliphatic rings. The molecule has 0 saturated carbocycles. The molecule has 1 aromatic carbocycles. The van der Waals surface area contributed by atoms with Gasteiger partial charge >= 0.3 is 0 Å². The predicted molar refractivity (Wildman–Crippen MR) is 75.9 cm³/mol. The van der Waals surface area contributed by atoms with Crippen molar-refractivity contribution in [3.8, 4) is 5.69 Å². The average molecular weight is 257 g/mol. The Labute approximate surface area is 113 Å². The van der Waals surface area contributed by atoms with E-state index < -0.39 is 0 Å². The van der Waals surface area contributed by atoms with Crippen molar-refractivity contribution in [2.75, 3.05) is 0 Å². The van der Waals surface area contributed by atoms with Gasteiger partial charge in [-0.05, 0) is 19.1 Å². The zero-order valence-corrected chi connectivity index (χ0v) is 11.6. The number of hydrogen-bond acceptors (Lipinski definition) is 3. The molecular formula is C14H19N5. The number of nitrogen functional groups attached to an aromatic ring is 1. The van der Waals surface area contributed by atoms with E-state index in [1.54, 1.807) is 4.68 Å². The molecule has 3 N–H and O–H groups in total. The number of nitrogens with two attached hydrogens (primary N) is 1. The summed E-state index contributed by atoms with van der Waals surface area (Å²) in [5.41, 5.74) is 8.26. The van der Waals surface area contributed by atoms with Gasteiger partial charge in [0.2, 0.25) is 0 Å². The summed E-state index contributed by atoms with van der Waals surface area (Å²) in [6, 6.07) is 5.85. The third kappa shape index (κ3) is 2.50. The lowest BCUT2D eigenvalue weighted by molar-refractivity contribution is 0.789. The summed E-state index contributed by atoms with van der Waals surface area (Å²) in [6.07, 6.45) is 1.58. The second kappa shape index (κ2) is 5.22. The van der Waals surface area contributed by atoms with E-state index in [4.69, 9.17) is 11.1 Å². The number of rotatable bonds is 4. The molecule has 1 heterocycles. The van der Waals surface area contributed by atoms with E-state index in [-0.39, 0.29) is 5.84 Å². The monoisotopic (exact) mass is 257 g/mol. The van der Waals surface area contributed by atoms with Gasteiger partial charge in [-0.2, -0.15) is 5.10 Å². The molecule has 0 aliphatic carbocycles. The van der Waals surface area contributed by atoms with Gasteiger partial charge in [0.1, 0.15) is 11.7 Å². The Bertz CT molecular complexity index is 612. The van der Waals surface area contributed by atoms with Crippen LogP contribution in [0.15, 0.2) is 18.2 Å². The lowest BCUT2D eigenvalue weighted by atomic mass is 10.1. The van der Waals surface area contributed by atoms with E-state index in [1.807, 2.05) is 39.0 Å². The fourth-order valence-corrected chi connectivity index (χ4v) is 2.01. The summed E-state index contributed by atoms with van der Waals surface area (Å²) in [6.45, 7) is 6.05. The smallest absolute Gasteiger partial charge is 0.151 e. The van der Waals surface area contributed by atoms with E-state index >= 15 is 0 Å². The third-order valence-corrected chi connectivity index (χ3v) is 3.02. The first-order valence-electron chi connectivity index (χ1n) is 6.47. The highest BCUT2D eigenvalue weighted by Gasteiger charge is 2.14. The van der Waals surface area contributed by atoms with Gasteiger partial charge in [0.25, 0.3) is 0 Å². The van der Waals surface area contributed by atoms with Crippen LogP contribution in [0.5, 0.6) is 0 Å². The Hall–Kier alpha value is -2.17. The van der Waals surface area contributed by atoms with Crippen molar-refractivity contribution in [2.24, 2.45) is 5.73 Å². The van der Waals surface area contributed by atoms with Gasteiger partial charge in [0.05, 0.1) is 5.69 Å². The summed E-state index contributed by atoms with van der Waals surface area (Å²) in [5.74, 6) is 1.75. The van der Waals surface area contributed by atoms with Crippen LogP contribution in [0.25, 0.3) is 5.69 Å². The van der Waals surface area contributed by atoms with Gasteiger partial charge in [-0.3, -0.25) is 5.41 Å². The van der Waals surface area contributed by atoms with Crippen molar-refractivity contribution in [1.82, 2.24) is 14.8 Å². The molecule has 1 aromatic heterocycles. The quantitative estimate of drug-likeness (QED) is 0.649. The van der Waals surface area contributed by atoms with Gasteiger partial charge < -0.3 is 5.73 Å². The number of nitrogens with zero attached hydrogens (tertiary/aromatic N) is 3. The zero-order valence-electron chi connectivity index (χ0n) is 11.6. The predicted octanol–water partition coefficient (Wildman–Crippen LogP) is 1.98. The lowest BCUT2D eigenvalue weighted by Crippen LogP contribution is -2.16. The number of aryl methyl sites for hydroxylation is 3. The van der Waals surface area contributed by atoms with Gasteiger partial charge in [-0.1, -0.05) is 25.5 Å². The summed E-state index contributed by atoms with van der Waals surface area (Å²) < 4.78 is 1.80. The van der Waals surface area contributed by atoms with Crippen molar-refractivity contribution < 1.29 is 0 Å². The number of amidine groups is 1. The van der Waals surface area contributed by atoms with Crippen LogP contribution in [-0.4, -0.2) is 20.6 Å². The largest absolute Gasteiger partial charge is 0.384 e. The average Bonchev–Trinajstić information content (AvgIpc) is 2.81. The zero-order chi connectivity index (χ0) is 14.0. The molecule has 100 valence electrons. The molecule has 0 atom stereocenters. The normalized spacial score (nSPS) is 10.7. The van der Waals surface area contributed by atoms with Crippen LogP contribution in [0.3, 0.4) is 0 Å². The number of nitrogens with one attached hydrogen (secondary N) is 1. The molecule has 0 spiro atoms. The molecule has 5 nitrogen and oxygen atoms in total. The van der Waals surface area contributed by atoms with Crippen molar-refractivity contribution in [3.63, 3.8) is 0 Å². The van der Waals surface area contributed by atoms with E-state index in [0.717, 1.165) is 35.7 Å². The maximum Gasteiger partial charge on any atom is 0.151 e. The van der Waals surface area contributed by atoms with E-state index in [0.29, 0.717) is 5.56 Å². The van der Waals surface area contributed by atoms with E-state index in [1.165, 1.54) is 0 Å². The minimum atomic E-state index is 0.0503. The molecular weight excluding hydrogens is 238 g/mol. The summed E-state index contributed by atoms with van der Waals surface area (Å²) >= 11 is 0. The van der Waals surface area contributed by atoms with Gasteiger partial charge in [-0.25, -0.2) is 9.67 Å². The number of hydrogen-bond donors (Lipinski definition) is 2. The Kier molecular flexibility index (Phi) is 3.64. The Morgan fingerprint density at radius 1 is 1.32 bits per heavy atom. The molecule has 2 rings (SSSR count). The maximum absolute atomic E-state index is 7.72. The van der Waals surface area contributed by atoms with Crippen LogP contribution in [0.1, 0.15) is 36.6 Å². The fourth-order valence-electron chi connectivity index (χ4n) is 2.01. The summed E-state index contributed by atoms with van der Waals surface area (Å²) in [5, 5.41) is 12.2. The molecule has 2 aromatic rings. The Morgan fingerprint density at radius 3 is 2.63 bits per heavy atom. The molecule has 0 unspecified atom stereocenters. The topological polar surface area (TPSA) is 80.6 Å². The SMILES string of the molecule is CCc1nc(CC)n(-c2ccc(C)cc2C(=N)N)n1. The van der Waals surface area contributed by atoms with Crippen molar-refractivity contribution in [3.05, 3.63) is 41.0 Å². The van der Waals surface area contributed by atoms with Crippen molar-refractivity contribution in [1.29, 1.82) is 5.41 Å².